The molecule has 1 heterocycles. The van der Waals surface area contributed by atoms with Gasteiger partial charge >= 0.3 is 11.7 Å². The topological polar surface area (TPSA) is 94.4 Å². The van der Waals surface area contributed by atoms with E-state index in [-0.39, 0.29) is 17.3 Å². The molecule has 21 heavy (non-hydrogen) atoms. The van der Waals surface area contributed by atoms with Gasteiger partial charge in [0.05, 0.1) is 22.2 Å². The highest BCUT2D eigenvalue weighted by Gasteiger charge is 2.28. The van der Waals surface area contributed by atoms with Crippen LogP contribution in [0.3, 0.4) is 0 Å². The number of rotatable bonds is 5. The molecule has 0 fully saturated rings. The van der Waals surface area contributed by atoms with Crippen LogP contribution in [0.25, 0.3) is 10.2 Å². The van der Waals surface area contributed by atoms with Crippen molar-refractivity contribution in [3.8, 4) is 0 Å². The number of nitro groups is 1. The molecule has 0 radical (unpaired) electrons. The zero-order valence-electron chi connectivity index (χ0n) is 11.8. The van der Waals surface area contributed by atoms with Gasteiger partial charge in [0.2, 0.25) is 0 Å². The number of carbonyl (C=O) groups is 1. The molecule has 0 bridgehead atoms. The number of hydrogen-bond donors (Lipinski definition) is 1. The molecule has 2 aromatic rings. The van der Waals surface area contributed by atoms with Gasteiger partial charge in [0.15, 0.2) is 5.52 Å². The molecule has 0 spiro atoms. The van der Waals surface area contributed by atoms with E-state index >= 15 is 0 Å². The summed E-state index contributed by atoms with van der Waals surface area (Å²) in [5.74, 6) is -0.541. The van der Waals surface area contributed by atoms with Crippen molar-refractivity contribution < 1.29 is 14.5 Å². The number of thiazole rings is 1. The standard InChI is InChI=1S/C13H15N3O4S/c1-7(2)10(13(17)20-3)15-8-4-5-9-11(14-6-21-9)12(8)16(18)19/h4-7,10,15H,1-3H3. The summed E-state index contributed by atoms with van der Waals surface area (Å²) >= 11 is 1.33. The Morgan fingerprint density at radius 2 is 2.19 bits per heavy atom. The van der Waals surface area contributed by atoms with Crippen molar-refractivity contribution in [2.24, 2.45) is 5.92 Å². The quantitative estimate of drug-likeness (QED) is 0.518. The number of benzene rings is 1. The Bertz CT molecular complexity index is 683. The van der Waals surface area contributed by atoms with Crippen molar-refractivity contribution in [1.82, 2.24) is 4.98 Å². The molecule has 0 amide bonds. The summed E-state index contributed by atoms with van der Waals surface area (Å²) in [4.78, 5) is 26.7. The number of carbonyl (C=O) groups excluding carboxylic acids is 1. The van der Waals surface area contributed by atoms with E-state index in [0.717, 1.165) is 4.70 Å². The lowest BCUT2D eigenvalue weighted by molar-refractivity contribution is -0.382. The second-order valence-electron chi connectivity index (χ2n) is 4.81. The van der Waals surface area contributed by atoms with Crippen LogP contribution in [-0.2, 0) is 9.53 Å². The molecule has 1 aromatic heterocycles. The molecule has 1 unspecified atom stereocenters. The van der Waals surface area contributed by atoms with E-state index in [1.165, 1.54) is 18.4 Å². The smallest absolute Gasteiger partial charge is 0.328 e. The molecule has 0 aliphatic heterocycles. The molecule has 0 saturated carbocycles. The Hall–Kier alpha value is -2.22. The minimum atomic E-state index is -0.662. The number of nitro benzene ring substituents is 1. The number of anilines is 1. The van der Waals surface area contributed by atoms with Gasteiger partial charge in [0.1, 0.15) is 11.7 Å². The lowest BCUT2D eigenvalue weighted by Gasteiger charge is -2.20. The molecule has 112 valence electrons. The maximum absolute atomic E-state index is 11.8. The van der Waals surface area contributed by atoms with Crippen LogP contribution in [0.2, 0.25) is 0 Å². The maximum atomic E-state index is 11.8. The number of esters is 1. The predicted octanol–water partition coefficient (Wildman–Crippen LogP) is 2.81. The summed E-state index contributed by atoms with van der Waals surface area (Å²) in [6, 6.07) is 2.68. The third-order valence-corrected chi connectivity index (χ3v) is 3.89. The first kappa shape index (κ1) is 15.2. The number of methoxy groups -OCH3 is 1. The molecular formula is C13H15N3O4S. The third-order valence-electron chi connectivity index (χ3n) is 3.09. The minimum Gasteiger partial charge on any atom is -0.467 e. The van der Waals surface area contributed by atoms with E-state index in [2.05, 4.69) is 10.3 Å². The van der Waals surface area contributed by atoms with Gasteiger partial charge in [0, 0.05) is 0 Å². The molecule has 2 rings (SSSR count). The molecule has 1 atom stereocenters. The summed E-state index contributed by atoms with van der Waals surface area (Å²) in [6.07, 6.45) is 0. The molecule has 1 N–H and O–H groups in total. The summed E-state index contributed by atoms with van der Waals surface area (Å²) in [5.41, 5.74) is 2.02. The monoisotopic (exact) mass is 309 g/mol. The van der Waals surface area contributed by atoms with Crippen molar-refractivity contribution in [3.05, 3.63) is 27.8 Å². The zero-order chi connectivity index (χ0) is 15.6. The fourth-order valence-corrected chi connectivity index (χ4v) is 2.69. The van der Waals surface area contributed by atoms with Crippen LogP contribution in [0.15, 0.2) is 17.6 Å². The lowest BCUT2D eigenvalue weighted by atomic mass is 10.0. The number of fused-ring (bicyclic) bond motifs is 1. The van der Waals surface area contributed by atoms with Crippen LogP contribution in [-0.4, -0.2) is 29.0 Å². The minimum absolute atomic E-state index is 0.0804. The van der Waals surface area contributed by atoms with Crippen molar-refractivity contribution in [3.63, 3.8) is 0 Å². The van der Waals surface area contributed by atoms with Crippen LogP contribution in [0.1, 0.15) is 13.8 Å². The summed E-state index contributed by atoms with van der Waals surface area (Å²) in [5, 5.41) is 14.2. The molecule has 1 aromatic carbocycles. The van der Waals surface area contributed by atoms with E-state index in [4.69, 9.17) is 4.74 Å². The van der Waals surface area contributed by atoms with Gasteiger partial charge in [-0.1, -0.05) is 13.8 Å². The molecule has 0 aliphatic rings. The first-order valence-corrected chi connectivity index (χ1v) is 7.18. The Kier molecular flexibility index (Phi) is 4.37. The number of aromatic nitrogens is 1. The van der Waals surface area contributed by atoms with Crippen molar-refractivity contribution in [2.45, 2.75) is 19.9 Å². The lowest BCUT2D eigenvalue weighted by Crippen LogP contribution is -2.35. The predicted molar refractivity (Wildman–Crippen MR) is 80.5 cm³/mol. The summed E-state index contributed by atoms with van der Waals surface area (Å²) in [6.45, 7) is 3.67. The average molecular weight is 309 g/mol. The zero-order valence-corrected chi connectivity index (χ0v) is 12.6. The van der Waals surface area contributed by atoms with Gasteiger partial charge < -0.3 is 10.1 Å². The molecule has 0 saturated heterocycles. The number of nitrogens with zero attached hydrogens (tertiary/aromatic N) is 2. The Balaban J connectivity index is 2.47. The molecule has 0 aliphatic carbocycles. The van der Waals surface area contributed by atoms with Crippen molar-refractivity contribution in [2.75, 3.05) is 12.4 Å². The molecule has 7 nitrogen and oxygen atoms in total. The SMILES string of the molecule is COC(=O)C(Nc1ccc2scnc2c1[N+](=O)[O-])C(C)C. The van der Waals surface area contributed by atoms with Crippen LogP contribution in [0.5, 0.6) is 0 Å². The second kappa shape index (κ2) is 6.04. The fraction of sp³-hybridized carbons (Fsp3) is 0.385. The highest BCUT2D eigenvalue weighted by Crippen LogP contribution is 2.35. The van der Waals surface area contributed by atoms with E-state index in [0.29, 0.717) is 5.52 Å². The first-order valence-electron chi connectivity index (χ1n) is 6.30. The fourth-order valence-electron chi connectivity index (χ4n) is 2.01. The van der Waals surface area contributed by atoms with Gasteiger partial charge in [-0.25, -0.2) is 9.78 Å². The van der Waals surface area contributed by atoms with E-state index < -0.39 is 16.9 Å². The number of nitrogens with one attached hydrogen (secondary N) is 1. The largest absolute Gasteiger partial charge is 0.467 e. The Morgan fingerprint density at radius 3 is 2.76 bits per heavy atom. The van der Waals surface area contributed by atoms with Gasteiger partial charge in [-0.3, -0.25) is 10.1 Å². The van der Waals surface area contributed by atoms with Gasteiger partial charge in [-0.2, -0.15) is 0 Å². The Labute approximate surface area is 125 Å². The summed E-state index contributed by atoms with van der Waals surface area (Å²) < 4.78 is 5.46. The highest BCUT2D eigenvalue weighted by molar-refractivity contribution is 7.16. The normalized spacial score (nSPS) is 12.4. The van der Waals surface area contributed by atoms with Crippen molar-refractivity contribution >= 4 is 38.9 Å². The van der Waals surface area contributed by atoms with E-state index in [1.54, 1.807) is 17.6 Å². The van der Waals surface area contributed by atoms with E-state index in [9.17, 15) is 14.9 Å². The molecule has 8 heteroatoms. The third kappa shape index (κ3) is 2.94. The van der Waals surface area contributed by atoms with Crippen LogP contribution < -0.4 is 5.32 Å². The van der Waals surface area contributed by atoms with Gasteiger partial charge in [-0.15, -0.1) is 11.3 Å². The van der Waals surface area contributed by atoms with Gasteiger partial charge in [0.25, 0.3) is 0 Å². The summed E-state index contributed by atoms with van der Waals surface area (Å²) in [7, 11) is 1.29. The number of ether oxygens (including phenoxy) is 1. The van der Waals surface area contributed by atoms with E-state index in [1.807, 2.05) is 13.8 Å². The van der Waals surface area contributed by atoms with Crippen molar-refractivity contribution in [1.29, 1.82) is 0 Å². The van der Waals surface area contributed by atoms with Crippen LogP contribution >= 0.6 is 11.3 Å². The maximum Gasteiger partial charge on any atom is 0.328 e. The second-order valence-corrected chi connectivity index (χ2v) is 5.69. The number of hydrogen-bond acceptors (Lipinski definition) is 7. The Morgan fingerprint density at radius 1 is 1.48 bits per heavy atom. The highest BCUT2D eigenvalue weighted by atomic mass is 32.1. The van der Waals surface area contributed by atoms with Gasteiger partial charge in [-0.05, 0) is 18.1 Å². The average Bonchev–Trinajstić information content (AvgIpc) is 2.90. The molecular weight excluding hydrogens is 294 g/mol. The first-order chi connectivity index (χ1) is 9.95. The van der Waals surface area contributed by atoms with Crippen LogP contribution in [0, 0.1) is 16.0 Å². The van der Waals surface area contributed by atoms with Crippen LogP contribution in [0.4, 0.5) is 11.4 Å².